The molecule has 74 valence electrons. The number of nitrogens with two attached hydrogens (primary N) is 1. The Balaban J connectivity index is 1.74. The highest BCUT2D eigenvalue weighted by Gasteiger charge is 2.42. The lowest BCUT2D eigenvalue weighted by Crippen LogP contribution is -2.27. The summed E-state index contributed by atoms with van der Waals surface area (Å²) in [5.41, 5.74) is 10.5. The first-order valence-corrected chi connectivity index (χ1v) is 5.12. The normalized spacial score (nSPS) is 37.9. The van der Waals surface area contributed by atoms with E-state index in [0.717, 1.165) is 18.4 Å². The van der Waals surface area contributed by atoms with Crippen LogP contribution in [0.4, 0.5) is 0 Å². The molecule has 3 unspecified atom stereocenters. The lowest BCUT2D eigenvalue weighted by atomic mass is 10.1. The van der Waals surface area contributed by atoms with Crippen LogP contribution in [-0.2, 0) is 0 Å². The first-order chi connectivity index (χ1) is 6.20. The summed E-state index contributed by atoms with van der Waals surface area (Å²) < 4.78 is 0. The van der Waals surface area contributed by atoms with Gasteiger partial charge in [-0.1, -0.05) is 6.92 Å². The zero-order chi connectivity index (χ0) is 9.42. The number of hydrogen-bond donors (Lipinski definition) is 2. The molecule has 3 atom stereocenters. The van der Waals surface area contributed by atoms with Gasteiger partial charge in [0.15, 0.2) is 0 Å². The lowest BCUT2D eigenvalue weighted by Gasteiger charge is -2.15. The average Bonchev–Trinajstić information content (AvgIpc) is 2.51. The second-order valence-electron chi connectivity index (χ2n) is 4.26. The Bertz CT molecular complexity index is 216. The van der Waals surface area contributed by atoms with Crippen molar-refractivity contribution in [2.45, 2.75) is 25.8 Å². The van der Waals surface area contributed by atoms with Gasteiger partial charge in [-0.15, -0.1) is 0 Å². The van der Waals surface area contributed by atoms with Gasteiger partial charge in [0.1, 0.15) is 0 Å². The van der Waals surface area contributed by atoms with Crippen molar-refractivity contribution in [3.63, 3.8) is 0 Å². The van der Waals surface area contributed by atoms with Gasteiger partial charge in [0, 0.05) is 25.3 Å². The third kappa shape index (κ3) is 1.71. The van der Waals surface area contributed by atoms with Crippen LogP contribution in [0.3, 0.4) is 0 Å². The van der Waals surface area contributed by atoms with Gasteiger partial charge in [-0.25, -0.2) is 5.43 Å². The van der Waals surface area contributed by atoms with Crippen molar-refractivity contribution in [1.82, 2.24) is 10.4 Å². The van der Waals surface area contributed by atoms with Crippen molar-refractivity contribution < 1.29 is 0 Å². The van der Waals surface area contributed by atoms with E-state index in [1.165, 1.54) is 18.5 Å². The molecule has 3 N–H and O–H groups in total. The van der Waals surface area contributed by atoms with Crippen LogP contribution in [0.5, 0.6) is 0 Å². The minimum atomic E-state index is 0.472. The van der Waals surface area contributed by atoms with Gasteiger partial charge in [0.25, 0.3) is 0 Å². The Kier molecular flexibility index (Phi) is 2.30. The van der Waals surface area contributed by atoms with Gasteiger partial charge in [-0.05, 0) is 30.8 Å². The molecule has 0 amide bonds. The van der Waals surface area contributed by atoms with E-state index in [2.05, 4.69) is 30.5 Å². The van der Waals surface area contributed by atoms with Crippen LogP contribution in [0, 0.1) is 11.8 Å². The van der Waals surface area contributed by atoms with Gasteiger partial charge in [-0.2, -0.15) is 0 Å². The predicted molar refractivity (Wildman–Crippen MR) is 53.7 cm³/mol. The van der Waals surface area contributed by atoms with E-state index in [1.54, 1.807) is 0 Å². The van der Waals surface area contributed by atoms with Gasteiger partial charge in [0.2, 0.25) is 0 Å². The molecule has 1 heterocycles. The van der Waals surface area contributed by atoms with Crippen LogP contribution in [0.1, 0.15) is 19.8 Å². The summed E-state index contributed by atoms with van der Waals surface area (Å²) in [5.74, 6) is 1.52. The number of allylic oxidation sites excluding steroid dienone is 1. The van der Waals surface area contributed by atoms with Crippen molar-refractivity contribution >= 4 is 0 Å². The van der Waals surface area contributed by atoms with E-state index >= 15 is 0 Å². The first-order valence-electron chi connectivity index (χ1n) is 5.12. The van der Waals surface area contributed by atoms with Crippen LogP contribution >= 0.6 is 0 Å². The fraction of sp³-hybridized carbons (Fsp3) is 0.800. The first kappa shape index (κ1) is 9.03. The molecule has 3 heteroatoms. The van der Waals surface area contributed by atoms with Crippen LogP contribution in [0.25, 0.3) is 0 Å². The van der Waals surface area contributed by atoms with Crippen molar-refractivity contribution in [1.29, 1.82) is 0 Å². The zero-order valence-electron chi connectivity index (χ0n) is 8.46. The molecule has 0 radical (unpaired) electrons. The third-order valence-corrected chi connectivity index (χ3v) is 3.47. The predicted octanol–water partition coefficient (Wildman–Crippen LogP) is 0.694. The van der Waals surface area contributed by atoms with Crippen LogP contribution in [-0.4, -0.2) is 24.6 Å². The van der Waals surface area contributed by atoms with Gasteiger partial charge in [0.05, 0.1) is 0 Å². The monoisotopic (exact) mass is 181 g/mol. The van der Waals surface area contributed by atoms with Gasteiger partial charge < -0.3 is 10.7 Å². The molecule has 1 aliphatic carbocycles. The SMILES string of the molecule is CC1C(N)C1CCC1=CCNN1C. The maximum atomic E-state index is 5.88. The fourth-order valence-electron chi connectivity index (χ4n) is 2.16. The summed E-state index contributed by atoms with van der Waals surface area (Å²) in [7, 11) is 2.08. The number of rotatable bonds is 3. The largest absolute Gasteiger partial charge is 0.327 e. The molecule has 1 aliphatic heterocycles. The summed E-state index contributed by atoms with van der Waals surface area (Å²) in [5, 5.41) is 2.12. The van der Waals surface area contributed by atoms with Gasteiger partial charge in [-0.3, -0.25) is 0 Å². The highest BCUT2D eigenvalue weighted by molar-refractivity contribution is 5.07. The molecule has 0 aromatic rings. The van der Waals surface area contributed by atoms with E-state index in [0.29, 0.717) is 6.04 Å². The summed E-state index contributed by atoms with van der Waals surface area (Å²) in [6.45, 7) is 3.23. The third-order valence-electron chi connectivity index (χ3n) is 3.47. The Morgan fingerprint density at radius 2 is 2.38 bits per heavy atom. The minimum absolute atomic E-state index is 0.472. The zero-order valence-corrected chi connectivity index (χ0v) is 8.46. The van der Waals surface area contributed by atoms with Crippen molar-refractivity contribution in [2.75, 3.05) is 13.6 Å². The molecule has 0 saturated heterocycles. The smallest absolute Gasteiger partial charge is 0.0351 e. The fourth-order valence-corrected chi connectivity index (χ4v) is 2.16. The van der Waals surface area contributed by atoms with Crippen molar-refractivity contribution in [3.8, 4) is 0 Å². The number of nitrogens with zero attached hydrogens (tertiary/aromatic N) is 1. The molecule has 0 aromatic carbocycles. The summed E-state index contributed by atoms with van der Waals surface area (Å²) in [4.78, 5) is 0. The van der Waals surface area contributed by atoms with E-state index < -0.39 is 0 Å². The van der Waals surface area contributed by atoms with Crippen molar-refractivity contribution in [3.05, 3.63) is 11.8 Å². The molecule has 0 spiro atoms. The molecular weight excluding hydrogens is 162 g/mol. The number of hydrazine groups is 1. The summed E-state index contributed by atoms with van der Waals surface area (Å²) in [6, 6.07) is 0.472. The molecule has 2 rings (SSSR count). The standard InChI is InChI=1S/C10H19N3/c1-7-9(10(7)11)4-3-8-5-6-12-13(8)2/h5,7,9-10,12H,3-4,6,11H2,1-2H3. The van der Waals surface area contributed by atoms with E-state index in [4.69, 9.17) is 5.73 Å². The molecule has 1 saturated carbocycles. The van der Waals surface area contributed by atoms with Crippen LogP contribution in [0.2, 0.25) is 0 Å². The Morgan fingerprint density at radius 3 is 2.85 bits per heavy atom. The van der Waals surface area contributed by atoms with Gasteiger partial charge >= 0.3 is 0 Å². The molecular formula is C10H19N3. The molecule has 1 fully saturated rings. The molecule has 3 nitrogen and oxygen atoms in total. The molecule has 13 heavy (non-hydrogen) atoms. The number of hydrogen-bond acceptors (Lipinski definition) is 3. The Hall–Kier alpha value is -0.540. The van der Waals surface area contributed by atoms with E-state index in [-0.39, 0.29) is 0 Å². The second kappa shape index (κ2) is 3.31. The highest BCUT2D eigenvalue weighted by Crippen LogP contribution is 2.40. The van der Waals surface area contributed by atoms with Crippen molar-refractivity contribution in [2.24, 2.45) is 17.6 Å². The second-order valence-corrected chi connectivity index (χ2v) is 4.26. The molecule has 0 aromatic heterocycles. The molecule has 2 aliphatic rings. The van der Waals surface area contributed by atoms with E-state index in [9.17, 15) is 0 Å². The lowest BCUT2D eigenvalue weighted by molar-refractivity contribution is 0.330. The van der Waals surface area contributed by atoms with E-state index in [1.807, 2.05) is 0 Å². The Labute approximate surface area is 79.9 Å². The number of nitrogens with one attached hydrogen (secondary N) is 1. The minimum Gasteiger partial charge on any atom is -0.327 e. The highest BCUT2D eigenvalue weighted by atomic mass is 15.5. The Morgan fingerprint density at radius 1 is 1.69 bits per heavy atom. The summed E-state index contributed by atoms with van der Waals surface area (Å²) in [6.07, 6.45) is 4.69. The maximum absolute atomic E-state index is 5.88. The van der Waals surface area contributed by atoms with Crippen LogP contribution in [0.15, 0.2) is 11.8 Å². The topological polar surface area (TPSA) is 41.3 Å². The maximum Gasteiger partial charge on any atom is 0.0351 e. The van der Waals surface area contributed by atoms with Crippen LogP contribution < -0.4 is 11.2 Å². The molecule has 0 bridgehead atoms. The summed E-state index contributed by atoms with van der Waals surface area (Å²) >= 11 is 0. The quantitative estimate of drug-likeness (QED) is 0.673. The average molecular weight is 181 g/mol.